The first kappa shape index (κ1) is 17.2. The highest BCUT2D eigenvalue weighted by atomic mass is 35.5. The Kier molecular flexibility index (Phi) is 5.54. The van der Waals surface area contributed by atoms with Crippen LogP contribution in [0.1, 0.15) is 23.2 Å². The molecule has 8 heteroatoms. The van der Waals surface area contributed by atoms with Crippen LogP contribution in [0.4, 0.5) is 4.39 Å². The summed E-state index contributed by atoms with van der Waals surface area (Å²) >= 11 is 5.75. The van der Waals surface area contributed by atoms with E-state index in [4.69, 9.17) is 22.1 Å². The lowest BCUT2D eigenvalue weighted by molar-refractivity contribution is -0.137. The molecule has 124 valence electrons. The molecule has 1 aliphatic heterocycles. The topological polar surface area (TPSA) is 89.7 Å². The van der Waals surface area contributed by atoms with Gasteiger partial charge in [-0.2, -0.15) is 0 Å². The molecule has 0 saturated carbocycles. The van der Waals surface area contributed by atoms with Crippen LogP contribution in [0.3, 0.4) is 0 Å². The third-order valence-electron chi connectivity index (χ3n) is 3.67. The van der Waals surface area contributed by atoms with Gasteiger partial charge in [-0.25, -0.2) is 9.18 Å². The largest absolute Gasteiger partial charge is 0.452 e. The molecule has 0 aromatic heterocycles. The Morgan fingerprint density at radius 1 is 1.39 bits per heavy atom. The molecule has 23 heavy (non-hydrogen) atoms. The van der Waals surface area contributed by atoms with Gasteiger partial charge in [0.2, 0.25) is 5.91 Å². The Bertz CT molecular complexity index is 618. The smallest absolute Gasteiger partial charge is 0.343 e. The molecule has 1 aliphatic rings. The second-order valence-electron chi connectivity index (χ2n) is 5.25. The summed E-state index contributed by atoms with van der Waals surface area (Å²) in [5.41, 5.74) is 4.84. The number of hydrogen-bond acceptors (Lipinski definition) is 4. The van der Waals surface area contributed by atoms with Crippen LogP contribution in [0.5, 0.6) is 0 Å². The molecule has 1 aromatic carbocycles. The summed E-state index contributed by atoms with van der Waals surface area (Å²) in [6.07, 6.45) is 1.27. The third-order valence-corrected chi connectivity index (χ3v) is 3.99. The van der Waals surface area contributed by atoms with Gasteiger partial charge < -0.3 is 15.4 Å². The van der Waals surface area contributed by atoms with Gasteiger partial charge >= 0.3 is 5.97 Å². The van der Waals surface area contributed by atoms with E-state index < -0.39 is 41.7 Å². The van der Waals surface area contributed by atoms with Crippen molar-refractivity contribution in [3.63, 3.8) is 0 Å². The van der Waals surface area contributed by atoms with Crippen LogP contribution in [0.25, 0.3) is 0 Å². The summed E-state index contributed by atoms with van der Waals surface area (Å²) in [4.78, 5) is 36.5. The minimum atomic E-state index is -1.01. The Morgan fingerprint density at radius 2 is 2.13 bits per heavy atom. The number of carbonyl (C=O) groups excluding carboxylic acids is 3. The Balaban J connectivity index is 1.94. The first-order valence-electron chi connectivity index (χ1n) is 7.08. The van der Waals surface area contributed by atoms with E-state index in [-0.39, 0.29) is 11.6 Å². The second kappa shape index (κ2) is 7.41. The summed E-state index contributed by atoms with van der Waals surface area (Å²) in [5.74, 6) is -3.15. The van der Waals surface area contributed by atoms with Crippen molar-refractivity contribution in [2.45, 2.75) is 12.8 Å². The van der Waals surface area contributed by atoms with Crippen molar-refractivity contribution < 1.29 is 23.5 Å². The standard InChI is InChI=1S/C15H16ClFN2O4/c16-10-4-1-5-11(17)13(10)15(22)23-8-12(20)19-6-2-3-9(7-19)14(18)21/h1,4-5,9H,2-3,6-8H2,(H2,18,21)/t9-/m0/s1. The maximum absolute atomic E-state index is 13.6. The number of amides is 2. The molecule has 2 N–H and O–H groups in total. The zero-order valence-electron chi connectivity index (χ0n) is 12.3. The fourth-order valence-corrected chi connectivity index (χ4v) is 2.66. The monoisotopic (exact) mass is 342 g/mol. The highest BCUT2D eigenvalue weighted by molar-refractivity contribution is 6.33. The van der Waals surface area contributed by atoms with Gasteiger partial charge in [0.15, 0.2) is 6.61 Å². The molecule has 2 rings (SSSR count). The van der Waals surface area contributed by atoms with Gasteiger partial charge in [0.05, 0.1) is 10.9 Å². The SMILES string of the molecule is NC(=O)[C@H]1CCCN(C(=O)COC(=O)c2c(F)cccc2Cl)C1. The van der Waals surface area contributed by atoms with E-state index in [9.17, 15) is 18.8 Å². The van der Waals surface area contributed by atoms with E-state index in [2.05, 4.69) is 0 Å². The molecule has 0 aliphatic carbocycles. The van der Waals surface area contributed by atoms with E-state index >= 15 is 0 Å². The predicted molar refractivity (Wildman–Crippen MR) is 80.2 cm³/mol. The maximum atomic E-state index is 13.6. The molecule has 2 amide bonds. The lowest BCUT2D eigenvalue weighted by Crippen LogP contribution is -2.45. The van der Waals surface area contributed by atoms with Gasteiger partial charge in [0, 0.05) is 13.1 Å². The van der Waals surface area contributed by atoms with Crippen molar-refractivity contribution >= 4 is 29.4 Å². The summed E-state index contributed by atoms with van der Waals surface area (Å²) in [6.45, 7) is 0.113. The molecule has 6 nitrogen and oxygen atoms in total. The molecule has 1 saturated heterocycles. The summed E-state index contributed by atoms with van der Waals surface area (Å²) in [6, 6.07) is 3.79. The average molecular weight is 343 g/mol. The fraction of sp³-hybridized carbons (Fsp3) is 0.400. The van der Waals surface area contributed by atoms with E-state index in [0.717, 1.165) is 6.07 Å². The number of esters is 1. The quantitative estimate of drug-likeness (QED) is 0.837. The van der Waals surface area contributed by atoms with Crippen LogP contribution >= 0.6 is 11.6 Å². The zero-order chi connectivity index (χ0) is 17.0. The lowest BCUT2D eigenvalue weighted by Gasteiger charge is -2.31. The molecular formula is C15H16ClFN2O4. The molecule has 0 unspecified atom stereocenters. The van der Waals surface area contributed by atoms with Gasteiger partial charge in [-0.3, -0.25) is 9.59 Å². The van der Waals surface area contributed by atoms with Crippen molar-refractivity contribution in [3.8, 4) is 0 Å². The highest BCUT2D eigenvalue weighted by Gasteiger charge is 2.28. The number of ether oxygens (including phenoxy) is 1. The maximum Gasteiger partial charge on any atom is 0.343 e. The van der Waals surface area contributed by atoms with E-state index in [0.29, 0.717) is 19.4 Å². The van der Waals surface area contributed by atoms with Crippen molar-refractivity contribution in [1.82, 2.24) is 4.90 Å². The van der Waals surface area contributed by atoms with Gasteiger partial charge in [-0.15, -0.1) is 0 Å². The molecule has 1 fully saturated rings. The second-order valence-corrected chi connectivity index (χ2v) is 5.66. The molecular weight excluding hydrogens is 327 g/mol. The van der Waals surface area contributed by atoms with Crippen molar-refractivity contribution in [3.05, 3.63) is 34.6 Å². The number of carbonyl (C=O) groups is 3. The number of likely N-dealkylation sites (tertiary alicyclic amines) is 1. The Morgan fingerprint density at radius 3 is 2.78 bits per heavy atom. The van der Waals surface area contributed by atoms with Crippen molar-refractivity contribution in [1.29, 1.82) is 0 Å². The van der Waals surface area contributed by atoms with Gasteiger partial charge in [-0.05, 0) is 25.0 Å². The van der Waals surface area contributed by atoms with E-state index in [1.807, 2.05) is 0 Å². The number of primary amides is 1. The number of benzene rings is 1. The summed E-state index contributed by atoms with van der Waals surface area (Å²) in [7, 11) is 0. The zero-order valence-corrected chi connectivity index (χ0v) is 13.0. The summed E-state index contributed by atoms with van der Waals surface area (Å²) in [5, 5.41) is -0.0887. The predicted octanol–water partition coefficient (Wildman–Crippen LogP) is 1.36. The molecule has 0 bridgehead atoms. The molecule has 1 aromatic rings. The van der Waals surface area contributed by atoms with Crippen LogP contribution < -0.4 is 5.73 Å². The minimum Gasteiger partial charge on any atom is -0.452 e. The number of nitrogens with zero attached hydrogens (tertiary/aromatic N) is 1. The Labute approximate surface area is 137 Å². The van der Waals surface area contributed by atoms with Gasteiger partial charge in [0.25, 0.3) is 5.91 Å². The number of rotatable bonds is 4. The molecule has 1 heterocycles. The van der Waals surface area contributed by atoms with Crippen LogP contribution in [0.2, 0.25) is 5.02 Å². The third kappa shape index (κ3) is 4.19. The van der Waals surface area contributed by atoms with Crippen molar-refractivity contribution in [2.75, 3.05) is 19.7 Å². The molecule has 0 radical (unpaired) electrons. The fourth-order valence-electron chi connectivity index (χ4n) is 2.42. The molecule has 0 spiro atoms. The average Bonchev–Trinajstić information content (AvgIpc) is 2.52. The number of piperidine rings is 1. The summed E-state index contributed by atoms with van der Waals surface area (Å²) < 4.78 is 18.4. The highest BCUT2D eigenvalue weighted by Crippen LogP contribution is 2.20. The number of nitrogens with two attached hydrogens (primary N) is 1. The van der Waals surface area contributed by atoms with Crippen molar-refractivity contribution in [2.24, 2.45) is 11.7 Å². The number of halogens is 2. The lowest BCUT2D eigenvalue weighted by atomic mass is 9.97. The van der Waals surface area contributed by atoms with Gasteiger partial charge in [-0.1, -0.05) is 17.7 Å². The first-order chi connectivity index (χ1) is 10.9. The minimum absolute atomic E-state index is 0.0887. The van der Waals surface area contributed by atoms with E-state index in [1.54, 1.807) is 0 Å². The normalized spacial score (nSPS) is 17.7. The number of hydrogen-bond donors (Lipinski definition) is 1. The van der Waals surface area contributed by atoms with Crippen LogP contribution in [0, 0.1) is 11.7 Å². The van der Waals surface area contributed by atoms with Crippen LogP contribution in [-0.2, 0) is 14.3 Å². The van der Waals surface area contributed by atoms with Crippen LogP contribution in [-0.4, -0.2) is 42.4 Å². The van der Waals surface area contributed by atoms with Gasteiger partial charge in [0.1, 0.15) is 11.4 Å². The van der Waals surface area contributed by atoms with Crippen LogP contribution in [0.15, 0.2) is 18.2 Å². The van der Waals surface area contributed by atoms with E-state index in [1.165, 1.54) is 17.0 Å². The Hall–Kier alpha value is -2.15. The molecule has 1 atom stereocenters. The first-order valence-corrected chi connectivity index (χ1v) is 7.46.